The van der Waals surface area contributed by atoms with Gasteiger partial charge in [-0.1, -0.05) is 25.1 Å². The Balaban J connectivity index is 3.02. The van der Waals surface area contributed by atoms with Gasteiger partial charge in [0.25, 0.3) is 0 Å². The number of aryl methyl sites for hydroxylation is 1. The van der Waals surface area contributed by atoms with Crippen molar-refractivity contribution in [2.45, 2.75) is 45.1 Å². The van der Waals surface area contributed by atoms with Gasteiger partial charge in [0.15, 0.2) is 0 Å². The Morgan fingerprint density at radius 3 is 2.41 bits per heavy atom. The van der Waals surface area contributed by atoms with Gasteiger partial charge in [0.1, 0.15) is 6.35 Å². The average Bonchev–Trinajstić information content (AvgIpc) is 2.37. The first kappa shape index (κ1) is 19.3. The van der Waals surface area contributed by atoms with E-state index in [2.05, 4.69) is 0 Å². The van der Waals surface area contributed by atoms with Gasteiger partial charge in [-0.15, -0.1) is 0 Å². The first-order valence-electron chi connectivity index (χ1n) is 7.07. The summed E-state index contributed by atoms with van der Waals surface area (Å²) < 4.78 is 52.7. The van der Waals surface area contributed by atoms with E-state index in [0.29, 0.717) is 18.6 Å². The van der Waals surface area contributed by atoms with Crippen LogP contribution in [0.2, 0.25) is 0 Å². The monoisotopic (exact) mass is 350 g/mol. The van der Waals surface area contributed by atoms with Crippen molar-refractivity contribution in [2.75, 3.05) is 13.0 Å². The van der Waals surface area contributed by atoms with Crippen LogP contribution in [0.15, 0.2) is 29.2 Å². The fraction of sp³-hybridized carbons (Fsp3) is 0.571. The second-order valence-corrected chi connectivity index (χ2v) is 8.73. The van der Waals surface area contributed by atoms with Gasteiger partial charge in [0.2, 0.25) is 0 Å². The van der Waals surface area contributed by atoms with Crippen molar-refractivity contribution >= 4 is 17.7 Å². The Bertz CT molecular complexity index is 626. The fourth-order valence-corrected chi connectivity index (χ4v) is 5.33. The summed E-state index contributed by atoms with van der Waals surface area (Å²) in [5.41, 5.74) is 0.507. The van der Waals surface area contributed by atoms with Crippen LogP contribution < -0.4 is 0 Å². The van der Waals surface area contributed by atoms with Crippen LogP contribution in [-0.2, 0) is 27.9 Å². The molecule has 0 spiro atoms. The van der Waals surface area contributed by atoms with Crippen molar-refractivity contribution in [1.29, 1.82) is 0 Å². The van der Waals surface area contributed by atoms with Crippen molar-refractivity contribution in [3.8, 4) is 0 Å². The summed E-state index contributed by atoms with van der Waals surface area (Å²) in [5, 5.41) is 0. The third kappa shape index (κ3) is 5.82. The normalized spacial score (nSPS) is 15.0. The highest BCUT2D eigenvalue weighted by Gasteiger charge is 2.35. The first-order valence-corrected chi connectivity index (χ1v) is 10.2. The lowest BCUT2D eigenvalue weighted by Crippen LogP contribution is -2.14. The Morgan fingerprint density at radius 2 is 1.86 bits per heavy atom. The average molecular weight is 350 g/mol. The minimum atomic E-state index is -4.20. The molecule has 0 N–H and O–H groups in total. The summed E-state index contributed by atoms with van der Waals surface area (Å²) in [6.45, 7) is 7.17. The molecule has 1 aromatic rings. The van der Waals surface area contributed by atoms with Crippen LogP contribution in [-0.4, -0.2) is 27.5 Å². The molecule has 126 valence electrons. The molecule has 22 heavy (non-hydrogen) atoms. The zero-order valence-corrected chi connectivity index (χ0v) is 15.0. The quantitative estimate of drug-likeness (QED) is 0.499. The Kier molecular flexibility index (Phi) is 7.22. The molecule has 0 aliphatic rings. The molecule has 1 unspecified atom stereocenters. The fourth-order valence-electron chi connectivity index (χ4n) is 1.74. The lowest BCUT2D eigenvalue weighted by Gasteiger charge is -2.20. The first-order chi connectivity index (χ1) is 10.2. The van der Waals surface area contributed by atoms with Gasteiger partial charge in [-0.05, 0) is 38.8 Å². The predicted molar refractivity (Wildman–Crippen MR) is 84.4 cm³/mol. The number of ether oxygens (including phenoxy) is 1. The lowest BCUT2D eigenvalue weighted by atomic mass is 10.2. The number of rotatable bonds is 9. The van der Waals surface area contributed by atoms with Crippen LogP contribution in [0.5, 0.6) is 0 Å². The van der Waals surface area contributed by atoms with Crippen LogP contribution in [0.3, 0.4) is 0 Å². The van der Waals surface area contributed by atoms with E-state index in [4.69, 9.17) is 13.2 Å². The second-order valence-electron chi connectivity index (χ2n) is 5.10. The van der Waals surface area contributed by atoms with Crippen LogP contribution in [0.25, 0.3) is 0 Å². The Labute approximate surface area is 132 Å². The third-order valence-corrected chi connectivity index (χ3v) is 6.48. The Morgan fingerprint density at radius 1 is 1.23 bits per heavy atom. The molecule has 0 fully saturated rings. The van der Waals surface area contributed by atoms with Gasteiger partial charge in [-0.25, -0.2) is 0 Å². The van der Waals surface area contributed by atoms with Crippen LogP contribution >= 0.6 is 7.60 Å². The molecule has 0 radical (unpaired) electrons. The minimum absolute atomic E-state index is 0.0296. The molecule has 0 saturated carbocycles. The molecule has 0 bridgehead atoms. The van der Waals surface area contributed by atoms with Crippen molar-refractivity contribution in [3.63, 3.8) is 0 Å². The second kappa shape index (κ2) is 8.22. The van der Waals surface area contributed by atoms with Crippen molar-refractivity contribution in [2.24, 2.45) is 0 Å². The summed E-state index contributed by atoms with van der Waals surface area (Å²) in [7, 11) is -8.12. The highest BCUT2D eigenvalue weighted by molar-refractivity contribution is 7.91. The van der Waals surface area contributed by atoms with E-state index < -0.39 is 30.2 Å². The van der Waals surface area contributed by atoms with Crippen LogP contribution in [0.1, 0.15) is 32.8 Å². The van der Waals surface area contributed by atoms with Gasteiger partial charge >= 0.3 is 17.7 Å². The maximum absolute atomic E-state index is 12.7. The lowest BCUT2D eigenvalue weighted by molar-refractivity contribution is 0.135. The smallest absolute Gasteiger partial charge is 0.369 e. The molecule has 0 amide bonds. The van der Waals surface area contributed by atoms with E-state index in [0.717, 1.165) is 0 Å². The van der Waals surface area contributed by atoms with E-state index in [1.807, 2.05) is 6.92 Å². The highest BCUT2D eigenvalue weighted by atomic mass is 32.2. The highest BCUT2D eigenvalue weighted by Crippen LogP contribution is 2.52. The molecule has 1 atom stereocenters. The molecule has 6 nitrogen and oxygen atoms in total. The predicted octanol–water partition coefficient (Wildman–Crippen LogP) is 3.70. The van der Waals surface area contributed by atoms with Gasteiger partial charge in [0, 0.05) is 6.61 Å². The third-order valence-electron chi connectivity index (χ3n) is 2.54. The van der Waals surface area contributed by atoms with E-state index >= 15 is 0 Å². The molecule has 8 heteroatoms. The van der Waals surface area contributed by atoms with Crippen LogP contribution in [0.4, 0.5) is 0 Å². The van der Waals surface area contributed by atoms with E-state index in [9.17, 15) is 13.0 Å². The van der Waals surface area contributed by atoms with E-state index in [1.165, 1.54) is 6.07 Å². The Hall–Kier alpha value is -0.720. The topological polar surface area (TPSA) is 78.9 Å². The van der Waals surface area contributed by atoms with Gasteiger partial charge in [0.05, 0.1) is 11.0 Å². The minimum Gasteiger partial charge on any atom is -0.369 e. The van der Waals surface area contributed by atoms with Gasteiger partial charge in [-0.2, -0.15) is 12.4 Å². The summed E-state index contributed by atoms with van der Waals surface area (Å²) in [5.74, 6) is 0. The molecule has 0 aliphatic heterocycles. The SMILES string of the molecule is CCCOCP(=O)(OC(C)C)OS(=O)(=O)c1ccccc1C. The molecule has 0 saturated heterocycles. The van der Waals surface area contributed by atoms with E-state index in [1.54, 1.807) is 39.0 Å². The van der Waals surface area contributed by atoms with Gasteiger partial charge < -0.3 is 9.26 Å². The summed E-state index contributed by atoms with van der Waals surface area (Å²) in [6.07, 6.45) is -0.140. The molecule has 1 aromatic carbocycles. The van der Waals surface area contributed by atoms with Crippen LogP contribution in [0, 0.1) is 6.92 Å². The number of benzene rings is 1. The zero-order chi connectivity index (χ0) is 16.8. The molecular weight excluding hydrogens is 327 g/mol. The summed E-state index contributed by atoms with van der Waals surface area (Å²) in [4.78, 5) is -0.0296. The van der Waals surface area contributed by atoms with Crippen molar-refractivity contribution < 1.29 is 26.2 Å². The molecular formula is C14H23O6PS. The summed E-state index contributed by atoms with van der Waals surface area (Å²) >= 11 is 0. The number of hydrogen-bond acceptors (Lipinski definition) is 6. The molecule has 0 aliphatic carbocycles. The molecule has 0 aromatic heterocycles. The van der Waals surface area contributed by atoms with Gasteiger partial charge in [-0.3, -0.25) is 4.57 Å². The van der Waals surface area contributed by atoms with Crippen molar-refractivity contribution in [3.05, 3.63) is 29.8 Å². The standard InChI is InChI=1S/C14H23O6PS/c1-5-10-18-11-21(15,19-12(2)3)20-22(16,17)14-9-7-6-8-13(14)4/h6-9,12H,5,10-11H2,1-4H3. The maximum Gasteiger partial charge on any atom is 0.371 e. The molecule has 1 rings (SSSR count). The summed E-state index contributed by atoms with van der Waals surface area (Å²) in [6, 6.07) is 6.32. The van der Waals surface area contributed by atoms with E-state index in [-0.39, 0.29) is 4.90 Å². The zero-order valence-electron chi connectivity index (χ0n) is 13.3. The van der Waals surface area contributed by atoms with Crippen molar-refractivity contribution in [1.82, 2.24) is 0 Å². The number of hydrogen-bond donors (Lipinski definition) is 0. The largest absolute Gasteiger partial charge is 0.371 e. The molecule has 0 heterocycles. The maximum atomic E-state index is 12.7.